The number of aliphatic imine (C=N–C) groups is 1. The quantitative estimate of drug-likeness (QED) is 0.239. The van der Waals surface area contributed by atoms with Crippen molar-refractivity contribution in [2.75, 3.05) is 18.9 Å². The molecule has 1 amide bonds. The SMILES string of the molecule is CN=C(NCC(=O)Nc1ccc(F)c(F)c1F)NC(C)CCC(C)(C)C.I. The van der Waals surface area contributed by atoms with Crippen molar-refractivity contribution < 1.29 is 18.0 Å². The molecule has 0 fully saturated rings. The third kappa shape index (κ3) is 9.30. The largest absolute Gasteiger partial charge is 0.354 e. The highest BCUT2D eigenvalue weighted by atomic mass is 127. The van der Waals surface area contributed by atoms with E-state index in [0.717, 1.165) is 25.0 Å². The first-order chi connectivity index (χ1) is 12.0. The predicted octanol–water partition coefficient (Wildman–Crippen LogP) is 4.04. The standard InChI is InChI=1S/C18H27F3N4O.HI/c1-11(8-9-18(2,3)4)24-17(22-5)23-10-14(26)25-13-7-6-12(19)15(20)16(13)21;/h6-7,11H,8-10H2,1-5H3,(H,25,26)(H2,22,23,24);1H. The van der Waals surface area contributed by atoms with Gasteiger partial charge < -0.3 is 16.0 Å². The van der Waals surface area contributed by atoms with Gasteiger partial charge in [0.2, 0.25) is 5.91 Å². The van der Waals surface area contributed by atoms with Crippen LogP contribution in [0.15, 0.2) is 17.1 Å². The summed E-state index contributed by atoms with van der Waals surface area (Å²) in [4.78, 5) is 15.9. The summed E-state index contributed by atoms with van der Waals surface area (Å²) in [5, 5.41) is 8.15. The number of hydrogen-bond donors (Lipinski definition) is 3. The fraction of sp³-hybridized carbons (Fsp3) is 0.556. The molecule has 0 aliphatic rings. The van der Waals surface area contributed by atoms with Crippen molar-refractivity contribution in [2.24, 2.45) is 10.4 Å². The fourth-order valence-corrected chi connectivity index (χ4v) is 2.13. The highest BCUT2D eigenvalue weighted by molar-refractivity contribution is 14.0. The molecule has 154 valence electrons. The third-order valence-corrected chi connectivity index (χ3v) is 3.66. The molecule has 0 aliphatic heterocycles. The molecule has 0 saturated carbocycles. The first kappa shape index (κ1) is 25.5. The summed E-state index contributed by atoms with van der Waals surface area (Å²) >= 11 is 0. The Balaban J connectivity index is 0.00000676. The number of nitrogens with one attached hydrogen (secondary N) is 3. The number of halogens is 4. The Labute approximate surface area is 175 Å². The van der Waals surface area contributed by atoms with Crippen molar-refractivity contribution in [2.45, 2.75) is 46.6 Å². The molecule has 27 heavy (non-hydrogen) atoms. The summed E-state index contributed by atoms with van der Waals surface area (Å²) in [6.45, 7) is 8.29. The molecular formula is C18H28F3IN4O. The zero-order valence-electron chi connectivity index (χ0n) is 16.3. The van der Waals surface area contributed by atoms with Crippen LogP contribution in [0.3, 0.4) is 0 Å². The molecule has 1 aromatic carbocycles. The Morgan fingerprint density at radius 3 is 2.37 bits per heavy atom. The lowest BCUT2D eigenvalue weighted by molar-refractivity contribution is -0.115. The van der Waals surface area contributed by atoms with Gasteiger partial charge in [0, 0.05) is 13.1 Å². The highest BCUT2D eigenvalue weighted by Gasteiger charge is 2.16. The van der Waals surface area contributed by atoms with Crippen molar-refractivity contribution in [3.05, 3.63) is 29.6 Å². The molecule has 3 N–H and O–H groups in total. The fourth-order valence-electron chi connectivity index (χ4n) is 2.13. The number of carbonyl (C=O) groups is 1. The summed E-state index contributed by atoms with van der Waals surface area (Å²) < 4.78 is 39.6. The van der Waals surface area contributed by atoms with E-state index in [9.17, 15) is 18.0 Å². The summed E-state index contributed by atoms with van der Waals surface area (Å²) in [5.41, 5.74) is -0.196. The molecule has 0 heterocycles. The summed E-state index contributed by atoms with van der Waals surface area (Å²) in [6, 6.07) is 1.86. The highest BCUT2D eigenvalue weighted by Crippen LogP contribution is 2.21. The maximum absolute atomic E-state index is 13.6. The van der Waals surface area contributed by atoms with Gasteiger partial charge in [-0.1, -0.05) is 20.8 Å². The van der Waals surface area contributed by atoms with E-state index in [4.69, 9.17) is 0 Å². The van der Waals surface area contributed by atoms with Crippen LogP contribution < -0.4 is 16.0 Å². The van der Waals surface area contributed by atoms with Crippen LogP contribution in [-0.4, -0.2) is 31.5 Å². The summed E-state index contributed by atoms with van der Waals surface area (Å²) in [7, 11) is 1.57. The van der Waals surface area contributed by atoms with Crippen LogP contribution in [0, 0.1) is 22.9 Å². The van der Waals surface area contributed by atoms with Crippen LogP contribution in [0.5, 0.6) is 0 Å². The molecule has 1 atom stereocenters. The first-order valence-electron chi connectivity index (χ1n) is 8.44. The lowest BCUT2D eigenvalue weighted by atomic mass is 9.89. The number of benzene rings is 1. The average Bonchev–Trinajstić information content (AvgIpc) is 2.56. The van der Waals surface area contributed by atoms with Crippen molar-refractivity contribution in [1.82, 2.24) is 10.6 Å². The maximum atomic E-state index is 13.6. The molecule has 1 unspecified atom stereocenters. The van der Waals surface area contributed by atoms with E-state index in [1.807, 2.05) is 6.92 Å². The molecule has 9 heteroatoms. The molecule has 0 aliphatic carbocycles. The average molecular weight is 500 g/mol. The molecule has 0 spiro atoms. The van der Waals surface area contributed by atoms with Gasteiger partial charge in [-0.15, -0.1) is 24.0 Å². The van der Waals surface area contributed by atoms with Crippen LogP contribution in [0.2, 0.25) is 0 Å². The molecule has 0 aromatic heterocycles. The van der Waals surface area contributed by atoms with Gasteiger partial charge in [0.15, 0.2) is 23.4 Å². The van der Waals surface area contributed by atoms with Gasteiger partial charge in [-0.25, -0.2) is 13.2 Å². The Kier molecular flexibility index (Phi) is 10.7. The number of amides is 1. The van der Waals surface area contributed by atoms with E-state index >= 15 is 0 Å². The second-order valence-electron chi connectivity index (χ2n) is 7.34. The first-order valence-corrected chi connectivity index (χ1v) is 8.44. The summed E-state index contributed by atoms with van der Waals surface area (Å²) in [5.74, 6) is -4.56. The lowest BCUT2D eigenvalue weighted by Gasteiger charge is -2.23. The van der Waals surface area contributed by atoms with E-state index in [0.29, 0.717) is 5.96 Å². The zero-order chi connectivity index (χ0) is 19.9. The number of hydrogen-bond acceptors (Lipinski definition) is 2. The monoisotopic (exact) mass is 500 g/mol. The van der Waals surface area contributed by atoms with Crippen molar-refractivity contribution in [3.63, 3.8) is 0 Å². The van der Waals surface area contributed by atoms with Crippen LogP contribution in [0.4, 0.5) is 18.9 Å². The summed E-state index contributed by atoms with van der Waals surface area (Å²) in [6.07, 6.45) is 1.95. The van der Waals surface area contributed by atoms with E-state index in [1.54, 1.807) is 7.05 Å². The molecule has 1 aromatic rings. The predicted molar refractivity (Wildman–Crippen MR) is 113 cm³/mol. The Morgan fingerprint density at radius 2 is 1.81 bits per heavy atom. The van der Waals surface area contributed by atoms with Crippen LogP contribution in [0.1, 0.15) is 40.5 Å². The Morgan fingerprint density at radius 1 is 1.19 bits per heavy atom. The number of rotatable bonds is 6. The molecular weight excluding hydrogens is 472 g/mol. The normalized spacial score (nSPS) is 12.8. The molecule has 0 radical (unpaired) electrons. The van der Waals surface area contributed by atoms with E-state index in [-0.39, 0.29) is 42.0 Å². The Bertz CT molecular complexity index is 663. The van der Waals surface area contributed by atoms with Crippen molar-refractivity contribution >= 4 is 41.5 Å². The van der Waals surface area contributed by atoms with Crippen LogP contribution in [-0.2, 0) is 4.79 Å². The maximum Gasteiger partial charge on any atom is 0.243 e. The number of guanidine groups is 1. The minimum absolute atomic E-state index is 0. The second kappa shape index (κ2) is 11.4. The number of anilines is 1. The van der Waals surface area contributed by atoms with Gasteiger partial charge in [0.05, 0.1) is 12.2 Å². The minimum atomic E-state index is -1.62. The van der Waals surface area contributed by atoms with Crippen molar-refractivity contribution in [1.29, 1.82) is 0 Å². The van der Waals surface area contributed by atoms with Gasteiger partial charge in [-0.2, -0.15) is 0 Å². The van der Waals surface area contributed by atoms with Gasteiger partial charge in [0.1, 0.15) is 0 Å². The third-order valence-electron chi connectivity index (χ3n) is 3.66. The molecule has 0 saturated heterocycles. The minimum Gasteiger partial charge on any atom is -0.354 e. The van der Waals surface area contributed by atoms with E-state index < -0.39 is 29.0 Å². The molecule has 5 nitrogen and oxygen atoms in total. The van der Waals surface area contributed by atoms with Gasteiger partial charge in [-0.3, -0.25) is 9.79 Å². The van der Waals surface area contributed by atoms with E-state index in [2.05, 4.69) is 41.7 Å². The number of nitrogens with zero attached hydrogens (tertiary/aromatic N) is 1. The van der Waals surface area contributed by atoms with E-state index in [1.165, 1.54) is 0 Å². The lowest BCUT2D eigenvalue weighted by Crippen LogP contribution is -2.45. The number of carbonyl (C=O) groups excluding carboxylic acids is 1. The van der Waals surface area contributed by atoms with Gasteiger partial charge >= 0.3 is 0 Å². The molecule has 1 rings (SSSR count). The zero-order valence-corrected chi connectivity index (χ0v) is 18.6. The topological polar surface area (TPSA) is 65.5 Å². The second-order valence-corrected chi connectivity index (χ2v) is 7.34. The van der Waals surface area contributed by atoms with Gasteiger partial charge in [-0.05, 0) is 37.3 Å². The van der Waals surface area contributed by atoms with Crippen molar-refractivity contribution in [3.8, 4) is 0 Å². The smallest absolute Gasteiger partial charge is 0.243 e. The Hall–Kier alpha value is -1.52. The van der Waals surface area contributed by atoms with Gasteiger partial charge in [0.25, 0.3) is 0 Å². The van der Waals surface area contributed by atoms with Crippen LogP contribution in [0.25, 0.3) is 0 Å². The van der Waals surface area contributed by atoms with Crippen LogP contribution >= 0.6 is 24.0 Å². The molecule has 0 bridgehead atoms.